The number of nitrogens with zero attached hydrogens (tertiary/aromatic N) is 3. The topological polar surface area (TPSA) is 201 Å². The summed E-state index contributed by atoms with van der Waals surface area (Å²) in [5, 5.41) is 38.7. The molecule has 342 valence electrons. The number of aliphatic hydroxyl groups excluding tert-OH is 2. The lowest BCUT2D eigenvalue weighted by Gasteiger charge is -2.59. The van der Waals surface area contributed by atoms with Crippen LogP contribution in [0.4, 0.5) is 16.2 Å². The van der Waals surface area contributed by atoms with Gasteiger partial charge in [-0.2, -0.15) is 0 Å². The van der Waals surface area contributed by atoms with Gasteiger partial charge in [-0.25, -0.2) is 4.79 Å². The zero-order chi connectivity index (χ0) is 45.4. The molecule has 1 aliphatic heterocycles. The van der Waals surface area contributed by atoms with Gasteiger partial charge >= 0.3 is 6.09 Å². The molecule has 0 spiro atoms. The van der Waals surface area contributed by atoms with E-state index >= 15 is 0 Å². The highest BCUT2D eigenvalue weighted by Gasteiger charge is 2.65. The number of rotatable bonds is 21. The number of carbonyl (C=O) groups is 2. The number of nitro benzene ring substituents is 1. The minimum absolute atomic E-state index is 0.0171. The summed E-state index contributed by atoms with van der Waals surface area (Å²) in [6.45, 7) is 4.22. The number of benzene rings is 3. The summed E-state index contributed by atoms with van der Waals surface area (Å²) < 4.78 is 30.9. The molecule has 2 saturated carbocycles. The minimum atomic E-state index is -1.43. The molecule has 2 amide bonds. The van der Waals surface area contributed by atoms with Crippen molar-refractivity contribution in [3.63, 3.8) is 0 Å². The minimum Gasteiger partial charge on any atom is -0.497 e. The Morgan fingerprint density at radius 1 is 1.00 bits per heavy atom. The molecule has 1 heterocycles. The van der Waals surface area contributed by atoms with Crippen LogP contribution in [0.5, 0.6) is 23.0 Å². The number of nitrogens with one attached hydrogen (secondary N) is 1. The first-order chi connectivity index (χ1) is 31.0. The average molecular weight is 883 g/mol. The van der Waals surface area contributed by atoms with Gasteiger partial charge in [0.05, 0.1) is 43.1 Å². The van der Waals surface area contributed by atoms with Gasteiger partial charge < -0.3 is 43.6 Å². The lowest BCUT2D eigenvalue weighted by atomic mass is 9.55. The number of methoxy groups -OCH3 is 2. The number of carbonyl (C=O) groups excluding carboxylic acids is 2. The molecule has 0 saturated heterocycles. The van der Waals surface area contributed by atoms with Gasteiger partial charge in [0.2, 0.25) is 11.7 Å². The molecule has 6 unspecified atom stereocenters. The van der Waals surface area contributed by atoms with Crippen molar-refractivity contribution in [1.82, 2.24) is 4.90 Å². The first kappa shape index (κ1) is 46.0. The number of unbranched alkanes of at least 4 members (excludes halogenated alkanes) is 2. The number of allylic oxidation sites excluding steroid dienone is 1. The van der Waals surface area contributed by atoms with Gasteiger partial charge in [0, 0.05) is 62.3 Å². The van der Waals surface area contributed by atoms with Crippen LogP contribution in [0.3, 0.4) is 0 Å². The Labute approximate surface area is 372 Å². The number of amides is 2. The van der Waals surface area contributed by atoms with Crippen molar-refractivity contribution < 1.29 is 53.2 Å². The maximum Gasteiger partial charge on any atom is 0.417 e. The van der Waals surface area contributed by atoms with Crippen LogP contribution in [0.2, 0.25) is 0 Å². The fourth-order valence-electron chi connectivity index (χ4n) is 9.61. The van der Waals surface area contributed by atoms with Crippen LogP contribution in [0.1, 0.15) is 74.8 Å². The first-order valence-electron chi connectivity index (χ1n) is 22.0. The molecule has 0 aromatic heterocycles. The average Bonchev–Trinajstić information content (AvgIpc) is 4.16. The number of anilines is 1. The largest absolute Gasteiger partial charge is 0.497 e. The van der Waals surface area contributed by atoms with E-state index in [0.29, 0.717) is 47.1 Å². The molecule has 6 atom stereocenters. The third-order valence-electron chi connectivity index (χ3n) is 12.8. The quantitative estimate of drug-likeness (QED) is 0.0405. The molecule has 2 fully saturated rings. The van der Waals surface area contributed by atoms with Gasteiger partial charge in [0.15, 0.2) is 0 Å². The third-order valence-corrected chi connectivity index (χ3v) is 12.8. The summed E-state index contributed by atoms with van der Waals surface area (Å²) in [4.78, 5) is 46.3. The number of non-ortho nitro benzene ring substituents is 1. The fraction of sp³-hybridized carbons (Fsp3) is 0.479. The molecule has 7 rings (SSSR count). The zero-order valence-corrected chi connectivity index (χ0v) is 36.6. The van der Waals surface area contributed by atoms with Gasteiger partial charge in [-0.05, 0) is 104 Å². The summed E-state index contributed by atoms with van der Waals surface area (Å²) >= 11 is 0. The SMILES string of the molecule is C=CCOC12Oc3ccc(OC(=O)Nc4ccc(OC)cc4OC)cc3C3C(CCCCO)C(CCCCO)C=C(C(=NOCc4ccc([N+](=O)[O-])cc4)CC1N(C)C(=O)C1CC1)C32. The van der Waals surface area contributed by atoms with E-state index in [0.717, 1.165) is 49.7 Å². The summed E-state index contributed by atoms with van der Waals surface area (Å²) in [7, 11) is 4.82. The summed E-state index contributed by atoms with van der Waals surface area (Å²) in [5.74, 6) is -0.804. The van der Waals surface area contributed by atoms with E-state index in [9.17, 15) is 29.9 Å². The van der Waals surface area contributed by atoms with Crippen LogP contribution >= 0.6 is 0 Å². The van der Waals surface area contributed by atoms with E-state index in [1.54, 1.807) is 60.5 Å². The molecule has 3 aliphatic carbocycles. The Morgan fingerprint density at radius 2 is 1.73 bits per heavy atom. The highest BCUT2D eigenvalue weighted by molar-refractivity contribution is 6.03. The van der Waals surface area contributed by atoms with Crippen LogP contribution in [-0.4, -0.2) is 90.7 Å². The Bertz CT molecular complexity index is 2230. The molecule has 3 aromatic rings. The van der Waals surface area contributed by atoms with Crippen molar-refractivity contribution in [1.29, 1.82) is 0 Å². The Kier molecular flexibility index (Phi) is 14.9. The Hall–Kier alpha value is -5.97. The highest BCUT2D eigenvalue weighted by Crippen LogP contribution is 2.62. The third kappa shape index (κ3) is 9.88. The van der Waals surface area contributed by atoms with Crippen molar-refractivity contribution >= 4 is 29.1 Å². The Balaban J connectivity index is 1.34. The van der Waals surface area contributed by atoms with Crippen LogP contribution in [0, 0.1) is 33.8 Å². The maximum atomic E-state index is 14.1. The number of nitro groups is 1. The van der Waals surface area contributed by atoms with E-state index in [4.69, 9.17) is 33.7 Å². The zero-order valence-electron chi connectivity index (χ0n) is 36.6. The highest BCUT2D eigenvalue weighted by atomic mass is 16.7. The van der Waals surface area contributed by atoms with Gasteiger partial charge in [-0.1, -0.05) is 30.1 Å². The van der Waals surface area contributed by atoms with Gasteiger partial charge in [-0.15, -0.1) is 6.58 Å². The molecule has 16 nitrogen and oxygen atoms in total. The molecular weight excluding hydrogens is 825 g/mol. The Morgan fingerprint density at radius 3 is 2.41 bits per heavy atom. The van der Waals surface area contributed by atoms with Crippen molar-refractivity contribution in [3.8, 4) is 23.0 Å². The monoisotopic (exact) mass is 882 g/mol. The second-order valence-corrected chi connectivity index (χ2v) is 16.8. The van der Waals surface area contributed by atoms with Crippen molar-refractivity contribution in [2.24, 2.45) is 28.8 Å². The van der Waals surface area contributed by atoms with Crippen LogP contribution in [0.25, 0.3) is 0 Å². The van der Waals surface area contributed by atoms with Gasteiger partial charge in [-0.3, -0.25) is 20.2 Å². The maximum absolute atomic E-state index is 14.1. The first-order valence-corrected chi connectivity index (χ1v) is 22.0. The second kappa shape index (κ2) is 20.7. The predicted octanol–water partition coefficient (Wildman–Crippen LogP) is 7.93. The second-order valence-electron chi connectivity index (χ2n) is 16.8. The number of fused-ring (bicyclic) bond motifs is 2. The molecule has 0 bridgehead atoms. The molecule has 4 aliphatic rings. The van der Waals surface area contributed by atoms with E-state index in [1.165, 1.54) is 26.4 Å². The standard InChI is InChI=1S/C48H58N4O12/c1-5-24-61-48-43(51(2)46(55)31-14-15-31)28-40(50-62-29-30-12-16-33(17-13-30)52(57)58)37-25-32(10-6-8-22-53)36(11-7-9-23-54)44(45(37)48)38-26-35(19-21-41(38)64-48)63-47(56)49-39-20-18-34(59-3)27-42(39)60-4/h5,12-13,16-21,25-27,31-32,36,43-45,53-54H,1,6-11,14-15,22-24,28-29H2,2-4H3,(H,49,56). The van der Waals surface area contributed by atoms with E-state index < -0.39 is 28.8 Å². The number of hydrogen-bond donors (Lipinski definition) is 3. The molecule has 16 heteroatoms. The molecule has 0 radical (unpaired) electrons. The van der Waals surface area contributed by atoms with Gasteiger partial charge in [0.25, 0.3) is 5.69 Å². The summed E-state index contributed by atoms with van der Waals surface area (Å²) in [6.07, 6.45) is 9.13. The van der Waals surface area contributed by atoms with Crippen LogP contribution in [0.15, 0.2) is 90.1 Å². The van der Waals surface area contributed by atoms with E-state index in [-0.39, 0.29) is 73.9 Å². The lowest BCUT2D eigenvalue weighted by molar-refractivity contribution is -0.384. The molecule has 64 heavy (non-hydrogen) atoms. The molecule has 3 N–H and O–H groups in total. The number of ether oxygens (including phenoxy) is 5. The van der Waals surface area contributed by atoms with Crippen molar-refractivity contribution in [3.05, 3.63) is 106 Å². The van der Waals surface area contributed by atoms with Crippen molar-refractivity contribution in [2.45, 2.75) is 82.1 Å². The summed E-state index contributed by atoms with van der Waals surface area (Å²) in [5.41, 5.74) is 3.28. The fourth-order valence-corrected chi connectivity index (χ4v) is 9.61. The van der Waals surface area contributed by atoms with Crippen molar-refractivity contribution in [2.75, 3.05) is 46.4 Å². The number of aliphatic hydroxyl groups is 2. The normalized spacial score (nSPS) is 23.7. The van der Waals surface area contributed by atoms with Gasteiger partial charge in [0.1, 0.15) is 35.6 Å². The predicted molar refractivity (Wildman–Crippen MR) is 238 cm³/mol. The summed E-state index contributed by atoms with van der Waals surface area (Å²) in [6, 6.07) is 15.7. The number of likely N-dealkylation sites (N-methyl/N-ethyl adjacent to an activating group) is 1. The van der Waals surface area contributed by atoms with E-state index in [1.807, 2.05) is 6.07 Å². The molecule has 3 aromatic carbocycles. The van der Waals surface area contributed by atoms with E-state index in [2.05, 4.69) is 18.0 Å². The van der Waals surface area contributed by atoms with Crippen LogP contribution in [-0.2, 0) is 21.0 Å². The van der Waals surface area contributed by atoms with Crippen LogP contribution < -0.4 is 24.3 Å². The number of hydrogen-bond acceptors (Lipinski definition) is 13. The lowest BCUT2D eigenvalue weighted by Crippen LogP contribution is -2.69. The molecular formula is C48H58N4O12. The number of oxime groups is 1. The smallest absolute Gasteiger partial charge is 0.417 e.